The summed E-state index contributed by atoms with van der Waals surface area (Å²) in [5.41, 5.74) is 0. The summed E-state index contributed by atoms with van der Waals surface area (Å²) >= 11 is 0. The molecule has 0 amide bonds. The maximum atomic E-state index is 10.6. The average Bonchev–Trinajstić information content (AvgIpc) is 3.24. The van der Waals surface area contributed by atoms with Crippen LogP contribution in [0.25, 0.3) is 0 Å². The van der Waals surface area contributed by atoms with Gasteiger partial charge in [-0.15, -0.1) is 0 Å². The highest BCUT2D eigenvalue weighted by atomic mass is 32.2. The van der Waals surface area contributed by atoms with Crippen LogP contribution in [0.3, 0.4) is 0 Å². The van der Waals surface area contributed by atoms with E-state index in [1.165, 1.54) is 82.0 Å². The zero-order valence-electron chi connectivity index (χ0n) is 23.0. The summed E-state index contributed by atoms with van der Waals surface area (Å²) in [5, 5.41) is 0. The number of unbranched alkanes of at least 4 members (excludes halogenated alkanes) is 4. The van der Waals surface area contributed by atoms with Gasteiger partial charge in [-0.05, 0) is 52.9 Å². The van der Waals surface area contributed by atoms with Gasteiger partial charge in [0.2, 0.25) is 0 Å². The molecular formula is C26H53NO6S. The van der Waals surface area contributed by atoms with Crippen molar-refractivity contribution < 1.29 is 31.7 Å². The van der Waals surface area contributed by atoms with Gasteiger partial charge in [-0.2, -0.15) is 0 Å². The molecule has 2 heterocycles. The minimum Gasteiger partial charge on any atom is -0.748 e. The minimum absolute atomic E-state index is 0.150. The van der Waals surface area contributed by atoms with Gasteiger partial charge in [0.05, 0.1) is 48.5 Å². The highest BCUT2D eigenvalue weighted by Crippen LogP contribution is 2.39. The molecule has 0 unspecified atom stereocenters. The summed E-state index contributed by atoms with van der Waals surface area (Å²) < 4.78 is 50.2. The van der Waals surface area contributed by atoms with Crippen molar-refractivity contribution >= 4 is 10.1 Å². The zero-order valence-corrected chi connectivity index (χ0v) is 23.8. The highest BCUT2D eigenvalue weighted by molar-refractivity contribution is 7.85. The second-order valence-electron chi connectivity index (χ2n) is 10.6. The van der Waals surface area contributed by atoms with Crippen molar-refractivity contribution in [1.29, 1.82) is 0 Å². The van der Waals surface area contributed by atoms with Crippen LogP contribution in [-0.4, -0.2) is 79.6 Å². The standard InChI is InChI=1S/C16H36N.C10H18O6S/c1-5-9-13-17(14-10-6-2,15-11-7-3)16-12-8-4;1-6-8-9(16-10(2,3)15-8)7(14-6)4-5-17(11,12)13/h5-16H2,1-4H3;6-9H,4-5H2,1-3H3,(H,11,12,13)/q+1;/p-1/t;6-,7+,8-,9+/m.0/s1. The zero-order chi connectivity index (χ0) is 25.8. The van der Waals surface area contributed by atoms with Crippen LogP contribution in [0.15, 0.2) is 0 Å². The van der Waals surface area contributed by atoms with Crippen LogP contribution in [0, 0.1) is 0 Å². The molecule has 204 valence electrons. The van der Waals surface area contributed by atoms with E-state index in [2.05, 4.69) is 27.7 Å². The van der Waals surface area contributed by atoms with Gasteiger partial charge >= 0.3 is 0 Å². The predicted molar refractivity (Wildman–Crippen MR) is 137 cm³/mol. The quantitative estimate of drug-likeness (QED) is 0.223. The van der Waals surface area contributed by atoms with Gasteiger partial charge in [-0.3, -0.25) is 0 Å². The molecule has 2 aliphatic heterocycles. The minimum atomic E-state index is -4.21. The lowest BCUT2D eigenvalue weighted by Gasteiger charge is -2.39. The largest absolute Gasteiger partial charge is 0.748 e. The molecule has 2 rings (SSSR count). The maximum Gasteiger partial charge on any atom is 0.164 e. The number of hydrogen-bond donors (Lipinski definition) is 0. The fraction of sp³-hybridized carbons (Fsp3) is 1.00. The summed E-state index contributed by atoms with van der Waals surface area (Å²) in [4.78, 5) is 0. The Morgan fingerprint density at radius 2 is 1.21 bits per heavy atom. The van der Waals surface area contributed by atoms with E-state index in [1.807, 2.05) is 6.92 Å². The van der Waals surface area contributed by atoms with Crippen LogP contribution in [0.2, 0.25) is 0 Å². The first-order chi connectivity index (χ1) is 15.9. The first-order valence-corrected chi connectivity index (χ1v) is 15.3. The number of nitrogens with zero attached hydrogens (tertiary/aromatic N) is 1. The first kappa shape index (κ1) is 31.8. The van der Waals surface area contributed by atoms with Crippen molar-refractivity contribution in [2.75, 3.05) is 31.9 Å². The molecule has 0 N–H and O–H groups in total. The number of ether oxygens (including phenoxy) is 3. The molecule has 2 fully saturated rings. The Morgan fingerprint density at radius 3 is 1.59 bits per heavy atom. The van der Waals surface area contributed by atoms with Gasteiger partial charge in [0, 0.05) is 5.75 Å². The molecule has 7 nitrogen and oxygen atoms in total. The molecule has 0 radical (unpaired) electrons. The van der Waals surface area contributed by atoms with E-state index in [0.717, 1.165) is 0 Å². The van der Waals surface area contributed by atoms with Gasteiger partial charge in [0.1, 0.15) is 12.2 Å². The van der Waals surface area contributed by atoms with Crippen molar-refractivity contribution in [3.63, 3.8) is 0 Å². The molecule has 0 aromatic carbocycles. The van der Waals surface area contributed by atoms with Crippen molar-refractivity contribution in [3.05, 3.63) is 0 Å². The molecule has 0 aromatic rings. The van der Waals surface area contributed by atoms with E-state index in [0.29, 0.717) is 0 Å². The van der Waals surface area contributed by atoms with E-state index in [4.69, 9.17) is 14.2 Å². The Bertz CT molecular complexity index is 616. The second-order valence-corrected chi connectivity index (χ2v) is 12.2. The number of quaternary nitrogens is 1. The molecule has 2 aliphatic rings. The number of hydrogen-bond acceptors (Lipinski definition) is 6. The lowest BCUT2D eigenvalue weighted by molar-refractivity contribution is -0.929. The Morgan fingerprint density at radius 1 is 0.794 bits per heavy atom. The molecule has 0 aliphatic carbocycles. The van der Waals surface area contributed by atoms with Crippen LogP contribution in [0.5, 0.6) is 0 Å². The van der Waals surface area contributed by atoms with Gasteiger partial charge < -0.3 is 23.2 Å². The third-order valence-corrected chi connectivity index (χ3v) is 7.71. The van der Waals surface area contributed by atoms with E-state index < -0.39 is 21.7 Å². The fourth-order valence-corrected chi connectivity index (χ4v) is 5.56. The van der Waals surface area contributed by atoms with Crippen molar-refractivity contribution in [2.45, 2.75) is 136 Å². The smallest absolute Gasteiger partial charge is 0.164 e. The van der Waals surface area contributed by atoms with Gasteiger partial charge in [0.25, 0.3) is 0 Å². The van der Waals surface area contributed by atoms with E-state index in [9.17, 15) is 13.0 Å². The summed E-state index contributed by atoms with van der Waals surface area (Å²) in [7, 11) is -4.21. The van der Waals surface area contributed by atoms with Crippen molar-refractivity contribution in [3.8, 4) is 0 Å². The molecule has 8 heteroatoms. The van der Waals surface area contributed by atoms with Gasteiger partial charge in [-0.25, -0.2) is 8.42 Å². The Hall–Kier alpha value is -0.250. The molecule has 2 saturated heterocycles. The Kier molecular flexibility index (Phi) is 14.1. The van der Waals surface area contributed by atoms with E-state index in [-0.39, 0.29) is 30.8 Å². The van der Waals surface area contributed by atoms with Crippen LogP contribution in [-0.2, 0) is 24.3 Å². The van der Waals surface area contributed by atoms with Crippen LogP contribution < -0.4 is 0 Å². The summed E-state index contributed by atoms with van der Waals surface area (Å²) in [6, 6.07) is 0. The third kappa shape index (κ3) is 11.2. The van der Waals surface area contributed by atoms with E-state index >= 15 is 0 Å². The van der Waals surface area contributed by atoms with Crippen LogP contribution in [0.4, 0.5) is 0 Å². The van der Waals surface area contributed by atoms with Gasteiger partial charge in [0.15, 0.2) is 5.79 Å². The second kappa shape index (κ2) is 15.1. The normalized spacial score (nSPS) is 26.2. The predicted octanol–water partition coefficient (Wildman–Crippen LogP) is 5.23. The van der Waals surface area contributed by atoms with Crippen molar-refractivity contribution in [1.82, 2.24) is 0 Å². The molecule has 0 bridgehead atoms. The Balaban J connectivity index is 0.000000340. The topological polar surface area (TPSA) is 84.9 Å². The number of rotatable bonds is 15. The van der Waals surface area contributed by atoms with Crippen LogP contribution in [0.1, 0.15) is 106 Å². The fourth-order valence-electron chi connectivity index (χ4n) is 5.04. The molecule has 0 aromatic heterocycles. The summed E-state index contributed by atoms with van der Waals surface area (Å²) in [6.07, 6.45) is 10.2. The lowest BCUT2D eigenvalue weighted by atomic mass is 10.1. The highest BCUT2D eigenvalue weighted by Gasteiger charge is 2.53. The number of fused-ring (bicyclic) bond motifs is 1. The lowest BCUT2D eigenvalue weighted by Crippen LogP contribution is -2.50. The Labute approximate surface area is 210 Å². The summed E-state index contributed by atoms with van der Waals surface area (Å²) in [5.74, 6) is -1.11. The SMILES string of the molecule is CCCC[N+](CCCC)(CCCC)CCCC.C[C@@H]1O[C@H](CCS(=O)(=O)[O-])[C@H]2OC(C)(C)O[C@H]21. The van der Waals surface area contributed by atoms with E-state index in [1.54, 1.807) is 13.8 Å². The molecule has 34 heavy (non-hydrogen) atoms. The molecule has 0 spiro atoms. The monoisotopic (exact) mass is 507 g/mol. The molecule has 4 atom stereocenters. The molecule has 0 saturated carbocycles. The van der Waals surface area contributed by atoms with Gasteiger partial charge in [-0.1, -0.05) is 53.4 Å². The van der Waals surface area contributed by atoms with Crippen molar-refractivity contribution in [2.24, 2.45) is 0 Å². The van der Waals surface area contributed by atoms with Crippen LogP contribution >= 0.6 is 0 Å². The molecular weight excluding hydrogens is 454 g/mol. The summed E-state index contributed by atoms with van der Waals surface area (Å²) in [6.45, 7) is 20.5. The average molecular weight is 508 g/mol. The maximum absolute atomic E-state index is 10.6. The first-order valence-electron chi connectivity index (χ1n) is 13.7. The third-order valence-electron chi connectivity index (χ3n) is 6.98.